The van der Waals surface area contributed by atoms with Crippen LogP contribution in [-0.2, 0) is 5.75 Å². The summed E-state index contributed by atoms with van der Waals surface area (Å²) in [5, 5.41) is 3.76. The molecule has 148 valence electrons. The van der Waals surface area contributed by atoms with Gasteiger partial charge in [-0.15, -0.1) is 0 Å². The predicted octanol–water partition coefficient (Wildman–Crippen LogP) is 4.39. The molecule has 0 spiro atoms. The molecule has 0 saturated heterocycles. The summed E-state index contributed by atoms with van der Waals surface area (Å²) >= 11 is 1.60. The van der Waals surface area contributed by atoms with E-state index in [1.807, 2.05) is 67.5 Å². The highest BCUT2D eigenvalue weighted by Gasteiger charge is 2.23. The zero-order valence-electron chi connectivity index (χ0n) is 16.6. The fourth-order valence-corrected chi connectivity index (χ4v) is 3.67. The standard InChI is InChI=1S/C23H24N4OS/c1-27(2)21-14-20(17-6-4-3-5-7-17)25-23(26-21)29-15-16-8-10-18(11-9-16)22(28)24-19-12-13-19/h3-11,14,19H,12-13,15H2,1-2H3,(H,24,28). The number of carbonyl (C=O) groups is 1. The van der Waals surface area contributed by atoms with Crippen LogP contribution >= 0.6 is 11.8 Å². The van der Waals surface area contributed by atoms with Crippen LogP contribution in [0, 0.1) is 0 Å². The average Bonchev–Trinajstić information content (AvgIpc) is 3.57. The van der Waals surface area contributed by atoms with Gasteiger partial charge >= 0.3 is 0 Å². The number of hydrogen-bond acceptors (Lipinski definition) is 5. The lowest BCUT2D eigenvalue weighted by Crippen LogP contribution is -2.25. The van der Waals surface area contributed by atoms with E-state index in [0.29, 0.717) is 11.6 Å². The molecule has 0 aliphatic heterocycles. The number of anilines is 1. The molecule has 0 bridgehead atoms. The fraction of sp³-hybridized carbons (Fsp3) is 0.261. The Morgan fingerprint density at radius 3 is 2.45 bits per heavy atom. The van der Waals surface area contributed by atoms with Gasteiger partial charge in [0.05, 0.1) is 5.69 Å². The van der Waals surface area contributed by atoms with Crippen molar-refractivity contribution in [3.63, 3.8) is 0 Å². The summed E-state index contributed by atoms with van der Waals surface area (Å²) in [5.74, 6) is 1.64. The van der Waals surface area contributed by atoms with Gasteiger partial charge in [-0.25, -0.2) is 9.97 Å². The molecule has 1 aliphatic rings. The van der Waals surface area contributed by atoms with Crippen LogP contribution in [-0.4, -0.2) is 36.0 Å². The molecular formula is C23H24N4OS. The van der Waals surface area contributed by atoms with Crippen molar-refractivity contribution >= 4 is 23.5 Å². The van der Waals surface area contributed by atoms with Crippen molar-refractivity contribution in [1.29, 1.82) is 0 Å². The van der Waals surface area contributed by atoms with Crippen LogP contribution in [0.2, 0.25) is 0 Å². The van der Waals surface area contributed by atoms with Crippen molar-refractivity contribution < 1.29 is 4.79 Å². The minimum Gasteiger partial charge on any atom is -0.363 e. The van der Waals surface area contributed by atoms with Crippen molar-refractivity contribution in [3.05, 3.63) is 71.8 Å². The number of nitrogens with one attached hydrogen (secondary N) is 1. The molecule has 0 atom stereocenters. The molecule has 5 nitrogen and oxygen atoms in total. The normalized spacial score (nSPS) is 13.2. The Labute approximate surface area is 175 Å². The number of hydrogen-bond donors (Lipinski definition) is 1. The quantitative estimate of drug-likeness (QED) is 0.467. The maximum absolute atomic E-state index is 12.1. The molecular weight excluding hydrogens is 380 g/mol. The molecule has 1 aromatic heterocycles. The van der Waals surface area contributed by atoms with Crippen LogP contribution in [0.15, 0.2) is 65.8 Å². The Kier molecular flexibility index (Phi) is 5.81. The molecule has 4 rings (SSSR count). The summed E-state index contributed by atoms with van der Waals surface area (Å²) < 4.78 is 0. The maximum Gasteiger partial charge on any atom is 0.251 e. The molecule has 1 amide bonds. The molecule has 6 heteroatoms. The lowest BCUT2D eigenvalue weighted by molar-refractivity contribution is 0.0951. The van der Waals surface area contributed by atoms with Crippen LogP contribution < -0.4 is 10.2 Å². The average molecular weight is 405 g/mol. The molecule has 1 N–H and O–H groups in total. The Balaban J connectivity index is 1.47. The lowest BCUT2D eigenvalue weighted by atomic mass is 10.1. The van der Waals surface area contributed by atoms with E-state index in [1.165, 1.54) is 0 Å². The Hall–Kier alpha value is -2.86. The van der Waals surface area contributed by atoms with Gasteiger partial charge < -0.3 is 10.2 Å². The van der Waals surface area contributed by atoms with Crippen LogP contribution in [0.4, 0.5) is 5.82 Å². The number of carbonyl (C=O) groups excluding carboxylic acids is 1. The zero-order valence-corrected chi connectivity index (χ0v) is 17.4. The van der Waals surface area contributed by atoms with Crippen LogP contribution in [0.3, 0.4) is 0 Å². The van der Waals surface area contributed by atoms with E-state index in [2.05, 4.69) is 22.4 Å². The maximum atomic E-state index is 12.1. The van der Waals surface area contributed by atoms with E-state index < -0.39 is 0 Å². The molecule has 1 heterocycles. The van der Waals surface area contributed by atoms with Gasteiger partial charge in [0.2, 0.25) is 0 Å². The number of aromatic nitrogens is 2. The highest BCUT2D eigenvalue weighted by Crippen LogP contribution is 2.27. The highest BCUT2D eigenvalue weighted by molar-refractivity contribution is 7.98. The van der Waals surface area contributed by atoms with E-state index in [1.54, 1.807) is 11.8 Å². The second kappa shape index (κ2) is 8.66. The third-order valence-electron chi connectivity index (χ3n) is 4.72. The molecule has 1 saturated carbocycles. The van der Waals surface area contributed by atoms with Crippen molar-refractivity contribution in [3.8, 4) is 11.3 Å². The van der Waals surface area contributed by atoms with E-state index in [9.17, 15) is 4.79 Å². The molecule has 2 aromatic carbocycles. The summed E-state index contributed by atoms with van der Waals surface area (Å²) in [6, 6.07) is 20.3. The summed E-state index contributed by atoms with van der Waals surface area (Å²) in [6.45, 7) is 0. The summed E-state index contributed by atoms with van der Waals surface area (Å²) in [7, 11) is 3.97. The van der Waals surface area contributed by atoms with Crippen LogP contribution in [0.5, 0.6) is 0 Å². The minimum atomic E-state index is 0.0150. The SMILES string of the molecule is CN(C)c1cc(-c2ccccc2)nc(SCc2ccc(C(=O)NC3CC3)cc2)n1. The summed E-state index contributed by atoms with van der Waals surface area (Å²) in [6.07, 6.45) is 2.19. The fourth-order valence-electron chi connectivity index (χ4n) is 2.86. The summed E-state index contributed by atoms with van der Waals surface area (Å²) in [4.78, 5) is 23.5. The van der Waals surface area contributed by atoms with Crippen LogP contribution in [0.1, 0.15) is 28.8 Å². The Bertz CT molecular complexity index is 986. The Morgan fingerprint density at radius 1 is 1.07 bits per heavy atom. The first-order valence-corrected chi connectivity index (χ1v) is 10.7. The molecule has 29 heavy (non-hydrogen) atoms. The minimum absolute atomic E-state index is 0.0150. The molecule has 1 fully saturated rings. The first-order chi connectivity index (χ1) is 14.1. The number of thioether (sulfide) groups is 1. The smallest absolute Gasteiger partial charge is 0.251 e. The van der Waals surface area contributed by atoms with E-state index in [0.717, 1.165) is 46.4 Å². The van der Waals surface area contributed by atoms with Gasteiger partial charge in [-0.2, -0.15) is 0 Å². The van der Waals surface area contributed by atoms with E-state index in [4.69, 9.17) is 4.98 Å². The van der Waals surface area contributed by atoms with Gasteiger partial charge in [-0.3, -0.25) is 4.79 Å². The van der Waals surface area contributed by atoms with Gasteiger partial charge in [-0.1, -0.05) is 54.2 Å². The first-order valence-electron chi connectivity index (χ1n) is 9.73. The molecule has 0 radical (unpaired) electrons. The van der Waals surface area contributed by atoms with Gasteiger partial charge in [-0.05, 0) is 30.5 Å². The van der Waals surface area contributed by atoms with Gasteiger partial charge in [0.1, 0.15) is 5.82 Å². The first kappa shape index (κ1) is 19.5. The van der Waals surface area contributed by atoms with Gasteiger partial charge in [0.15, 0.2) is 5.16 Å². The summed E-state index contributed by atoms with van der Waals surface area (Å²) in [5.41, 5.74) is 3.84. The molecule has 0 unspecified atom stereocenters. The number of rotatable bonds is 7. The topological polar surface area (TPSA) is 58.1 Å². The van der Waals surface area contributed by atoms with E-state index in [-0.39, 0.29) is 5.91 Å². The number of amides is 1. The van der Waals surface area contributed by atoms with E-state index >= 15 is 0 Å². The number of benzene rings is 2. The Morgan fingerprint density at radius 2 is 1.79 bits per heavy atom. The second-order valence-electron chi connectivity index (χ2n) is 7.39. The van der Waals surface area contributed by atoms with Crippen molar-refractivity contribution in [2.75, 3.05) is 19.0 Å². The van der Waals surface area contributed by atoms with Crippen LogP contribution in [0.25, 0.3) is 11.3 Å². The molecule has 1 aliphatic carbocycles. The second-order valence-corrected chi connectivity index (χ2v) is 8.33. The van der Waals surface area contributed by atoms with Gasteiger partial charge in [0, 0.05) is 43.1 Å². The predicted molar refractivity (Wildman–Crippen MR) is 118 cm³/mol. The van der Waals surface area contributed by atoms with Crippen molar-refractivity contribution in [2.45, 2.75) is 29.8 Å². The monoisotopic (exact) mass is 404 g/mol. The van der Waals surface area contributed by atoms with Crippen molar-refractivity contribution in [2.24, 2.45) is 0 Å². The zero-order chi connectivity index (χ0) is 20.2. The van der Waals surface area contributed by atoms with Crippen molar-refractivity contribution in [1.82, 2.24) is 15.3 Å². The van der Waals surface area contributed by atoms with Gasteiger partial charge in [0.25, 0.3) is 5.91 Å². The largest absolute Gasteiger partial charge is 0.363 e. The highest BCUT2D eigenvalue weighted by atomic mass is 32.2. The third-order valence-corrected chi connectivity index (χ3v) is 5.63. The third kappa shape index (κ3) is 5.15. The number of nitrogens with zero attached hydrogens (tertiary/aromatic N) is 3. The molecule has 3 aromatic rings. The lowest BCUT2D eigenvalue weighted by Gasteiger charge is -2.14.